The lowest BCUT2D eigenvalue weighted by Crippen LogP contribution is -2.26. The molecule has 1 aromatic heterocycles. The van der Waals surface area contributed by atoms with Crippen LogP contribution in [0.3, 0.4) is 0 Å². The van der Waals surface area contributed by atoms with Gasteiger partial charge in [-0.3, -0.25) is 9.59 Å². The van der Waals surface area contributed by atoms with Crippen molar-refractivity contribution in [2.24, 2.45) is 5.92 Å². The van der Waals surface area contributed by atoms with Gasteiger partial charge in [0.15, 0.2) is 0 Å². The first-order valence-electron chi connectivity index (χ1n) is 9.04. The molecule has 4 rings (SSSR count). The SMILES string of the molecule is CCc1ccc(N2C[C@H](C(=O)OCc3nc4ccccc4s3)CC2=O)cc1. The average Bonchev–Trinajstić information content (AvgIpc) is 3.29. The molecule has 1 saturated heterocycles. The molecule has 27 heavy (non-hydrogen) atoms. The third-order valence-electron chi connectivity index (χ3n) is 4.79. The fourth-order valence-electron chi connectivity index (χ4n) is 3.26. The van der Waals surface area contributed by atoms with Gasteiger partial charge in [0, 0.05) is 18.7 Å². The molecular formula is C21H20N2O3S. The van der Waals surface area contributed by atoms with Crippen LogP contribution in [-0.4, -0.2) is 23.4 Å². The number of amides is 1. The number of benzene rings is 2. The van der Waals surface area contributed by atoms with E-state index < -0.39 is 5.92 Å². The molecule has 1 atom stereocenters. The molecule has 0 saturated carbocycles. The van der Waals surface area contributed by atoms with Gasteiger partial charge in [-0.15, -0.1) is 11.3 Å². The summed E-state index contributed by atoms with van der Waals surface area (Å²) in [4.78, 5) is 30.9. The quantitative estimate of drug-likeness (QED) is 0.629. The summed E-state index contributed by atoms with van der Waals surface area (Å²) < 4.78 is 6.51. The standard InChI is InChI=1S/C21H20N2O3S/c1-2-14-7-9-16(10-8-14)23-12-15(11-20(23)24)21(25)26-13-19-22-17-5-3-4-6-18(17)27-19/h3-10,15H,2,11-13H2,1H3/t15-/m1/s1. The summed E-state index contributed by atoms with van der Waals surface area (Å²) in [6.07, 6.45) is 1.14. The zero-order valence-electron chi connectivity index (χ0n) is 15.1. The summed E-state index contributed by atoms with van der Waals surface area (Å²) in [6.45, 7) is 2.60. The molecule has 5 nitrogen and oxygen atoms in total. The molecule has 0 N–H and O–H groups in total. The second-order valence-electron chi connectivity index (χ2n) is 6.61. The average molecular weight is 380 g/mol. The zero-order chi connectivity index (χ0) is 18.8. The van der Waals surface area contributed by atoms with Crippen LogP contribution >= 0.6 is 11.3 Å². The van der Waals surface area contributed by atoms with E-state index in [4.69, 9.17) is 4.74 Å². The molecule has 2 heterocycles. The maximum absolute atomic E-state index is 12.4. The molecule has 1 aliphatic rings. The number of esters is 1. The van der Waals surface area contributed by atoms with Gasteiger partial charge in [0.2, 0.25) is 5.91 Å². The molecule has 1 fully saturated rings. The molecule has 3 aromatic rings. The lowest BCUT2D eigenvalue weighted by atomic mass is 10.1. The molecule has 0 spiro atoms. The third-order valence-corrected chi connectivity index (χ3v) is 5.80. The molecule has 138 valence electrons. The van der Waals surface area contributed by atoms with Crippen LogP contribution in [0.4, 0.5) is 5.69 Å². The first kappa shape index (κ1) is 17.7. The zero-order valence-corrected chi connectivity index (χ0v) is 15.9. The number of aromatic nitrogens is 1. The third kappa shape index (κ3) is 3.71. The lowest BCUT2D eigenvalue weighted by Gasteiger charge is -2.16. The number of rotatable bonds is 5. The Bertz CT molecular complexity index is 948. The monoisotopic (exact) mass is 380 g/mol. The summed E-state index contributed by atoms with van der Waals surface area (Å²) >= 11 is 1.52. The van der Waals surface area contributed by atoms with Gasteiger partial charge >= 0.3 is 5.97 Å². The van der Waals surface area contributed by atoms with Crippen LogP contribution in [0.1, 0.15) is 23.9 Å². The van der Waals surface area contributed by atoms with Gasteiger partial charge in [0.1, 0.15) is 11.6 Å². The van der Waals surface area contributed by atoms with Crippen molar-refractivity contribution in [3.63, 3.8) is 0 Å². The largest absolute Gasteiger partial charge is 0.458 e. The fraction of sp³-hybridized carbons (Fsp3) is 0.286. The van der Waals surface area contributed by atoms with Crippen LogP contribution in [0.25, 0.3) is 10.2 Å². The van der Waals surface area contributed by atoms with Crippen molar-refractivity contribution < 1.29 is 14.3 Å². The summed E-state index contributed by atoms with van der Waals surface area (Å²) in [5, 5.41) is 0.765. The van der Waals surface area contributed by atoms with Crippen molar-refractivity contribution in [2.75, 3.05) is 11.4 Å². The van der Waals surface area contributed by atoms with Crippen molar-refractivity contribution >= 4 is 39.1 Å². The van der Waals surface area contributed by atoms with E-state index in [1.165, 1.54) is 16.9 Å². The van der Waals surface area contributed by atoms with E-state index in [0.717, 1.165) is 27.3 Å². The van der Waals surface area contributed by atoms with Crippen molar-refractivity contribution in [3.05, 3.63) is 59.1 Å². The number of anilines is 1. The molecule has 2 aromatic carbocycles. The Kier molecular flexibility index (Phi) is 4.90. The van der Waals surface area contributed by atoms with E-state index in [2.05, 4.69) is 11.9 Å². The summed E-state index contributed by atoms with van der Waals surface area (Å²) in [5.41, 5.74) is 2.96. The highest BCUT2D eigenvalue weighted by atomic mass is 32.1. The smallest absolute Gasteiger partial charge is 0.311 e. The second kappa shape index (κ2) is 7.48. The predicted molar refractivity (Wildman–Crippen MR) is 106 cm³/mol. The maximum Gasteiger partial charge on any atom is 0.311 e. The van der Waals surface area contributed by atoms with Gasteiger partial charge in [-0.05, 0) is 36.2 Å². The maximum atomic E-state index is 12.4. The van der Waals surface area contributed by atoms with E-state index in [9.17, 15) is 9.59 Å². The number of ether oxygens (including phenoxy) is 1. The number of hydrogen-bond donors (Lipinski definition) is 0. The van der Waals surface area contributed by atoms with E-state index >= 15 is 0 Å². The Morgan fingerprint density at radius 1 is 1.22 bits per heavy atom. The van der Waals surface area contributed by atoms with Gasteiger partial charge < -0.3 is 9.64 Å². The number of para-hydroxylation sites is 1. The number of hydrogen-bond acceptors (Lipinski definition) is 5. The minimum atomic E-state index is -0.433. The van der Waals surface area contributed by atoms with Gasteiger partial charge in [-0.1, -0.05) is 31.2 Å². The van der Waals surface area contributed by atoms with Gasteiger partial charge in [0.25, 0.3) is 0 Å². The minimum Gasteiger partial charge on any atom is -0.458 e. The Labute approximate surface area is 161 Å². The molecule has 1 aliphatic heterocycles. The Balaban J connectivity index is 1.38. The van der Waals surface area contributed by atoms with Crippen molar-refractivity contribution in [3.8, 4) is 0 Å². The molecule has 0 radical (unpaired) electrons. The van der Waals surface area contributed by atoms with Crippen LogP contribution in [0.2, 0.25) is 0 Å². The van der Waals surface area contributed by atoms with E-state index in [0.29, 0.717) is 6.54 Å². The summed E-state index contributed by atoms with van der Waals surface area (Å²) in [6, 6.07) is 15.7. The van der Waals surface area contributed by atoms with Crippen molar-refractivity contribution in [1.29, 1.82) is 0 Å². The second-order valence-corrected chi connectivity index (χ2v) is 7.72. The first-order chi connectivity index (χ1) is 13.1. The number of fused-ring (bicyclic) bond motifs is 1. The number of thiazole rings is 1. The highest BCUT2D eigenvalue weighted by Crippen LogP contribution is 2.27. The van der Waals surface area contributed by atoms with Crippen LogP contribution in [0.5, 0.6) is 0 Å². The Morgan fingerprint density at radius 3 is 2.74 bits per heavy atom. The van der Waals surface area contributed by atoms with E-state index in [-0.39, 0.29) is 24.9 Å². The minimum absolute atomic E-state index is 0.0406. The summed E-state index contributed by atoms with van der Waals surface area (Å²) in [7, 11) is 0. The van der Waals surface area contributed by atoms with Crippen LogP contribution in [0.15, 0.2) is 48.5 Å². The fourth-order valence-corrected chi connectivity index (χ4v) is 4.14. The highest BCUT2D eigenvalue weighted by Gasteiger charge is 2.36. The number of carbonyl (C=O) groups is 2. The first-order valence-corrected chi connectivity index (χ1v) is 9.86. The van der Waals surface area contributed by atoms with Crippen molar-refractivity contribution in [1.82, 2.24) is 4.98 Å². The molecular weight excluding hydrogens is 360 g/mol. The Morgan fingerprint density at radius 2 is 2.00 bits per heavy atom. The van der Waals surface area contributed by atoms with Crippen LogP contribution < -0.4 is 4.90 Å². The Hall–Kier alpha value is -2.73. The van der Waals surface area contributed by atoms with Gasteiger partial charge in [-0.25, -0.2) is 4.98 Å². The number of carbonyl (C=O) groups excluding carboxylic acids is 2. The molecule has 0 unspecified atom stereocenters. The van der Waals surface area contributed by atoms with Crippen LogP contribution in [-0.2, 0) is 27.4 Å². The van der Waals surface area contributed by atoms with Crippen LogP contribution in [0, 0.1) is 5.92 Å². The molecule has 0 aliphatic carbocycles. The van der Waals surface area contributed by atoms with Gasteiger partial charge in [-0.2, -0.15) is 0 Å². The lowest BCUT2D eigenvalue weighted by molar-refractivity contribution is -0.149. The molecule has 6 heteroatoms. The van der Waals surface area contributed by atoms with E-state index in [1.54, 1.807) is 4.90 Å². The molecule has 0 bridgehead atoms. The van der Waals surface area contributed by atoms with Gasteiger partial charge in [0.05, 0.1) is 16.1 Å². The number of aryl methyl sites for hydroxylation is 1. The van der Waals surface area contributed by atoms with E-state index in [1.807, 2.05) is 48.5 Å². The van der Waals surface area contributed by atoms with Crippen molar-refractivity contribution in [2.45, 2.75) is 26.4 Å². The summed E-state index contributed by atoms with van der Waals surface area (Å²) in [5.74, 6) is -0.811. The predicted octanol–water partition coefficient (Wildman–Crippen LogP) is 3.96. The number of nitrogens with zero attached hydrogens (tertiary/aromatic N) is 2. The topological polar surface area (TPSA) is 59.5 Å². The molecule has 1 amide bonds. The highest BCUT2D eigenvalue weighted by molar-refractivity contribution is 7.18. The normalized spacial score (nSPS) is 16.9.